The fourth-order valence-corrected chi connectivity index (χ4v) is 3.33. The number of benzene rings is 1. The molecule has 130 valence electrons. The minimum absolute atomic E-state index is 0.207. The third kappa shape index (κ3) is 3.93. The first-order valence-electron chi connectivity index (χ1n) is 7.01. The topological polar surface area (TPSA) is 87.7 Å². The highest BCUT2D eigenvalue weighted by Crippen LogP contribution is 2.27. The summed E-state index contributed by atoms with van der Waals surface area (Å²) in [6.07, 6.45) is -0.521. The zero-order valence-electron chi connectivity index (χ0n) is 13.6. The lowest BCUT2D eigenvalue weighted by Gasteiger charge is -2.13. The van der Waals surface area contributed by atoms with E-state index in [1.54, 1.807) is 23.8 Å². The smallest absolute Gasteiger partial charge is 0.265 e. The Hall–Kier alpha value is -1.94. The van der Waals surface area contributed by atoms with Crippen LogP contribution in [0, 0.1) is 3.95 Å². The molecule has 1 heterocycles. The maximum Gasteiger partial charge on any atom is 0.265 e. The van der Waals surface area contributed by atoms with Crippen molar-refractivity contribution in [2.45, 2.75) is 6.29 Å². The molecular formula is C15H19N3O4S2. The quantitative estimate of drug-likeness (QED) is 0.575. The second-order valence-corrected chi connectivity index (χ2v) is 6.37. The SMILES string of the molecule is COc1ccc(-n2c(N)c(C(=O)NCC(OC)OC)sc2=S)cc1. The summed E-state index contributed by atoms with van der Waals surface area (Å²) in [6, 6.07) is 7.25. The third-order valence-corrected chi connectivity index (χ3v) is 4.73. The molecule has 7 nitrogen and oxygen atoms in total. The van der Waals surface area contributed by atoms with Crippen LogP contribution in [-0.4, -0.2) is 44.6 Å². The Labute approximate surface area is 148 Å². The highest BCUT2D eigenvalue weighted by molar-refractivity contribution is 7.73. The van der Waals surface area contributed by atoms with Gasteiger partial charge in [-0.15, -0.1) is 0 Å². The van der Waals surface area contributed by atoms with Crippen molar-refractivity contribution < 1.29 is 19.0 Å². The van der Waals surface area contributed by atoms with Crippen LogP contribution >= 0.6 is 23.6 Å². The monoisotopic (exact) mass is 369 g/mol. The lowest BCUT2D eigenvalue weighted by molar-refractivity contribution is -0.0974. The van der Waals surface area contributed by atoms with Crippen LogP contribution in [0.1, 0.15) is 9.67 Å². The molecule has 0 atom stereocenters. The van der Waals surface area contributed by atoms with Gasteiger partial charge in [0.15, 0.2) is 10.2 Å². The van der Waals surface area contributed by atoms with Crippen molar-refractivity contribution in [1.82, 2.24) is 9.88 Å². The molecule has 9 heteroatoms. The molecule has 0 saturated carbocycles. The van der Waals surface area contributed by atoms with Gasteiger partial charge >= 0.3 is 0 Å². The Morgan fingerprint density at radius 2 is 1.92 bits per heavy atom. The average Bonchev–Trinajstić information content (AvgIpc) is 2.90. The van der Waals surface area contributed by atoms with Gasteiger partial charge in [0.25, 0.3) is 5.91 Å². The molecule has 24 heavy (non-hydrogen) atoms. The maximum absolute atomic E-state index is 12.3. The summed E-state index contributed by atoms with van der Waals surface area (Å²) >= 11 is 6.49. The van der Waals surface area contributed by atoms with E-state index < -0.39 is 6.29 Å². The molecule has 0 bridgehead atoms. The third-order valence-electron chi connectivity index (χ3n) is 3.34. The van der Waals surface area contributed by atoms with Crippen LogP contribution in [0.2, 0.25) is 0 Å². The zero-order valence-corrected chi connectivity index (χ0v) is 15.2. The molecule has 1 amide bonds. The second kappa shape index (κ2) is 8.25. The van der Waals surface area contributed by atoms with Crippen molar-refractivity contribution in [3.63, 3.8) is 0 Å². The number of methoxy groups -OCH3 is 3. The Morgan fingerprint density at radius 1 is 1.29 bits per heavy atom. The Morgan fingerprint density at radius 3 is 2.46 bits per heavy atom. The minimum Gasteiger partial charge on any atom is -0.497 e. The van der Waals surface area contributed by atoms with Crippen LogP contribution in [0.15, 0.2) is 24.3 Å². The summed E-state index contributed by atoms with van der Waals surface area (Å²) in [5.41, 5.74) is 6.90. The molecule has 0 spiro atoms. The lowest BCUT2D eigenvalue weighted by Crippen LogP contribution is -2.34. The lowest BCUT2D eigenvalue weighted by atomic mass is 10.3. The number of hydrogen-bond acceptors (Lipinski definition) is 7. The van der Waals surface area contributed by atoms with Crippen LogP contribution in [0.25, 0.3) is 5.69 Å². The van der Waals surface area contributed by atoms with E-state index in [-0.39, 0.29) is 12.5 Å². The Kier molecular flexibility index (Phi) is 6.32. The Balaban J connectivity index is 2.24. The molecule has 3 N–H and O–H groups in total. The van der Waals surface area contributed by atoms with Crippen molar-refractivity contribution in [1.29, 1.82) is 0 Å². The molecule has 1 aromatic heterocycles. The van der Waals surface area contributed by atoms with Crippen molar-refractivity contribution in [3.8, 4) is 11.4 Å². The number of amides is 1. The fourth-order valence-electron chi connectivity index (χ4n) is 2.04. The summed E-state index contributed by atoms with van der Waals surface area (Å²) in [4.78, 5) is 12.7. The van der Waals surface area contributed by atoms with Crippen molar-refractivity contribution in [2.75, 3.05) is 33.6 Å². The van der Waals surface area contributed by atoms with Gasteiger partial charge in [-0.2, -0.15) is 0 Å². The molecule has 0 aliphatic rings. The first-order valence-corrected chi connectivity index (χ1v) is 8.23. The molecule has 0 radical (unpaired) electrons. The van der Waals surface area contributed by atoms with Crippen molar-refractivity contribution >= 4 is 35.3 Å². The fraction of sp³-hybridized carbons (Fsp3) is 0.333. The second-order valence-electron chi connectivity index (χ2n) is 4.73. The predicted octanol–water partition coefficient (Wildman–Crippen LogP) is 2.21. The molecule has 1 aromatic carbocycles. The van der Waals surface area contributed by atoms with Crippen LogP contribution in [-0.2, 0) is 9.47 Å². The highest BCUT2D eigenvalue weighted by atomic mass is 32.1. The number of nitrogens with one attached hydrogen (secondary N) is 1. The van der Waals surface area contributed by atoms with E-state index in [2.05, 4.69) is 5.32 Å². The van der Waals surface area contributed by atoms with E-state index in [9.17, 15) is 4.79 Å². The number of hydrogen-bond donors (Lipinski definition) is 2. The number of nitrogens with zero attached hydrogens (tertiary/aromatic N) is 1. The van der Waals surface area contributed by atoms with Crippen LogP contribution in [0.5, 0.6) is 5.75 Å². The van der Waals surface area contributed by atoms with Gasteiger partial charge in [-0.1, -0.05) is 11.3 Å². The summed E-state index contributed by atoms with van der Waals surface area (Å²) in [6.45, 7) is 0.207. The summed E-state index contributed by atoms with van der Waals surface area (Å²) < 4.78 is 17.3. The van der Waals surface area contributed by atoms with Gasteiger partial charge in [0, 0.05) is 19.9 Å². The van der Waals surface area contributed by atoms with Crippen molar-refractivity contribution in [3.05, 3.63) is 33.1 Å². The summed E-state index contributed by atoms with van der Waals surface area (Å²) in [5, 5.41) is 2.71. The number of carbonyl (C=O) groups excluding carboxylic acids is 1. The molecule has 0 fully saturated rings. The van der Waals surface area contributed by atoms with E-state index in [1.165, 1.54) is 14.2 Å². The molecular weight excluding hydrogens is 350 g/mol. The molecule has 0 aliphatic heterocycles. The van der Waals surface area contributed by atoms with E-state index in [1.807, 2.05) is 12.1 Å². The number of nitrogens with two attached hydrogens (primary N) is 1. The molecule has 0 aliphatic carbocycles. The van der Waals surface area contributed by atoms with E-state index in [0.717, 1.165) is 22.8 Å². The van der Waals surface area contributed by atoms with Crippen LogP contribution < -0.4 is 15.8 Å². The van der Waals surface area contributed by atoms with Gasteiger partial charge in [-0.25, -0.2) is 0 Å². The van der Waals surface area contributed by atoms with Gasteiger partial charge in [-0.3, -0.25) is 9.36 Å². The highest BCUT2D eigenvalue weighted by Gasteiger charge is 2.19. The Bertz CT molecular complexity index is 751. The number of aromatic nitrogens is 1. The normalized spacial score (nSPS) is 10.8. The largest absolute Gasteiger partial charge is 0.497 e. The van der Waals surface area contributed by atoms with Gasteiger partial charge in [0.1, 0.15) is 16.4 Å². The van der Waals surface area contributed by atoms with Gasteiger partial charge in [0.2, 0.25) is 0 Å². The van der Waals surface area contributed by atoms with Gasteiger partial charge in [0.05, 0.1) is 13.7 Å². The molecule has 2 aromatic rings. The first kappa shape index (κ1) is 18.4. The average molecular weight is 369 g/mol. The summed E-state index contributed by atoms with van der Waals surface area (Å²) in [5.74, 6) is 0.691. The predicted molar refractivity (Wildman–Crippen MR) is 95.6 cm³/mol. The zero-order chi connectivity index (χ0) is 17.7. The van der Waals surface area contributed by atoms with E-state index >= 15 is 0 Å². The number of nitrogen functional groups attached to an aromatic ring is 1. The van der Waals surface area contributed by atoms with E-state index in [0.29, 0.717) is 14.6 Å². The number of anilines is 1. The van der Waals surface area contributed by atoms with Gasteiger partial charge < -0.3 is 25.3 Å². The molecule has 0 saturated heterocycles. The molecule has 0 unspecified atom stereocenters. The molecule has 2 rings (SSSR count). The summed E-state index contributed by atoms with van der Waals surface area (Å²) in [7, 11) is 4.59. The number of thiazole rings is 1. The van der Waals surface area contributed by atoms with Crippen LogP contribution in [0.4, 0.5) is 5.82 Å². The number of ether oxygens (including phenoxy) is 3. The van der Waals surface area contributed by atoms with E-state index in [4.69, 9.17) is 32.2 Å². The minimum atomic E-state index is -0.521. The number of rotatable bonds is 7. The van der Waals surface area contributed by atoms with Gasteiger partial charge in [-0.05, 0) is 36.5 Å². The maximum atomic E-state index is 12.3. The van der Waals surface area contributed by atoms with Crippen LogP contribution in [0.3, 0.4) is 0 Å². The van der Waals surface area contributed by atoms with Crippen molar-refractivity contribution in [2.24, 2.45) is 0 Å². The standard InChI is InChI=1S/C15H19N3O4S2/c1-20-10-6-4-9(5-7-10)18-13(16)12(24-15(18)23)14(19)17-8-11(21-2)22-3/h4-7,11H,8,16H2,1-3H3,(H,17,19). The first-order chi connectivity index (χ1) is 11.5. The number of carbonyl (C=O) groups is 1.